The smallest absolute Gasteiger partial charge is 0.222 e. The SMILES string of the molecule is COc1ccc(N2CCC(N3CCC[C@H](CCC(=O)N4CCCC4)C3)CC2)cc1. The van der Waals surface area contributed by atoms with E-state index in [0.717, 1.165) is 44.8 Å². The van der Waals surface area contributed by atoms with Crippen molar-refractivity contribution in [3.63, 3.8) is 0 Å². The number of amides is 1. The molecule has 29 heavy (non-hydrogen) atoms. The van der Waals surface area contributed by atoms with E-state index in [2.05, 4.69) is 39.0 Å². The molecule has 1 aromatic carbocycles. The second kappa shape index (κ2) is 9.84. The number of piperidine rings is 2. The van der Waals surface area contributed by atoms with E-state index in [9.17, 15) is 4.79 Å². The van der Waals surface area contributed by atoms with Crippen molar-refractivity contribution in [2.24, 2.45) is 5.92 Å². The van der Waals surface area contributed by atoms with Crippen LogP contribution < -0.4 is 9.64 Å². The number of likely N-dealkylation sites (tertiary alicyclic amines) is 2. The summed E-state index contributed by atoms with van der Waals surface area (Å²) >= 11 is 0. The van der Waals surface area contributed by atoms with Gasteiger partial charge in [-0.2, -0.15) is 0 Å². The lowest BCUT2D eigenvalue weighted by atomic mass is 9.90. The van der Waals surface area contributed by atoms with Gasteiger partial charge in [-0.05, 0) is 81.7 Å². The van der Waals surface area contributed by atoms with Crippen LogP contribution >= 0.6 is 0 Å². The topological polar surface area (TPSA) is 36.0 Å². The van der Waals surface area contributed by atoms with Crippen molar-refractivity contribution in [3.8, 4) is 5.75 Å². The number of hydrogen-bond acceptors (Lipinski definition) is 4. The van der Waals surface area contributed by atoms with Gasteiger partial charge in [0.1, 0.15) is 5.75 Å². The monoisotopic (exact) mass is 399 g/mol. The lowest BCUT2D eigenvalue weighted by molar-refractivity contribution is -0.130. The molecule has 0 unspecified atom stereocenters. The molecule has 0 spiro atoms. The van der Waals surface area contributed by atoms with Gasteiger partial charge in [0.05, 0.1) is 7.11 Å². The van der Waals surface area contributed by atoms with Crippen molar-refractivity contribution in [2.75, 3.05) is 51.3 Å². The number of nitrogens with zero attached hydrogens (tertiary/aromatic N) is 3. The summed E-state index contributed by atoms with van der Waals surface area (Å²) in [6.07, 6.45) is 9.30. The first-order valence-corrected chi connectivity index (χ1v) is 11.6. The summed E-state index contributed by atoms with van der Waals surface area (Å²) < 4.78 is 5.28. The van der Waals surface area contributed by atoms with Crippen LogP contribution in [0, 0.1) is 5.92 Å². The molecule has 0 aliphatic carbocycles. The maximum Gasteiger partial charge on any atom is 0.222 e. The summed E-state index contributed by atoms with van der Waals surface area (Å²) in [5, 5.41) is 0. The number of methoxy groups -OCH3 is 1. The number of rotatable bonds is 6. The number of hydrogen-bond donors (Lipinski definition) is 0. The summed E-state index contributed by atoms with van der Waals surface area (Å²) in [7, 11) is 1.72. The predicted molar refractivity (Wildman–Crippen MR) is 118 cm³/mol. The van der Waals surface area contributed by atoms with E-state index in [-0.39, 0.29) is 0 Å². The molecule has 3 heterocycles. The van der Waals surface area contributed by atoms with E-state index < -0.39 is 0 Å². The van der Waals surface area contributed by atoms with Gasteiger partial charge in [-0.1, -0.05) is 0 Å². The van der Waals surface area contributed by atoms with Crippen LogP contribution in [-0.4, -0.2) is 68.1 Å². The molecule has 4 rings (SSSR count). The molecule has 5 nitrogen and oxygen atoms in total. The molecule has 1 amide bonds. The molecule has 160 valence electrons. The van der Waals surface area contributed by atoms with Gasteiger partial charge in [0.25, 0.3) is 0 Å². The van der Waals surface area contributed by atoms with E-state index in [4.69, 9.17) is 4.74 Å². The van der Waals surface area contributed by atoms with Crippen LogP contribution in [0.15, 0.2) is 24.3 Å². The summed E-state index contributed by atoms with van der Waals surface area (Å²) in [6.45, 7) is 6.67. The number of carbonyl (C=O) groups is 1. The van der Waals surface area contributed by atoms with Gasteiger partial charge >= 0.3 is 0 Å². The zero-order valence-electron chi connectivity index (χ0n) is 18.0. The highest BCUT2D eigenvalue weighted by Gasteiger charge is 2.29. The van der Waals surface area contributed by atoms with E-state index in [1.165, 1.54) is 57.3 Å². The molecule has 0 aromatic heterocycles. The third-order valence-electron chi connectivity index (χ3n) is 7.19. The molecule has 5 heteroatoms. The summed E-state index contributed by atoms with van der Waals surface area (Å²) in [4.78, 5) is 19.7. The van der Waals surface area contributed by atoms with Crippen LogP contribution in [0.1, 0.15) is 51.4 Å². The van der Waals surface area contributed by atoms with Gasteiger partial charge in [-0.15, -0.1) is 0 Å². The van der Waals surface area contributed by atoms with E-state index in [1.54, 1.807) is 7.11 Å². The summed E-state index contributed by atoms with van der Waals surface area (Å²) in [5.41, 5.74) is 1.31. The summed E-state index contributed by atoms with van der Waals surface area (Å²) in [6, 6.07) is 9.17. The fourth-order valence-corrected chi connectivity index (χ4v) is 5.40. The highest BCUT2D eigenvalue weighted by Crippen LogP contribution is 2.29. The lowest BCUT2D eigenvalue weighted by Gasteiger charge is -2.43. The molecule has 3 aliphatic heterocycles. The van der Waals surface area contributed by atoms with Crippen molar-refractivity contribution in [2.45, 2.75) is 57.4 Å². The average molecular weight is 400 g/mol. The molecule has 1 aromatic rings. The fraction of sp³-hybridized carbons (Fsp3) is 0.708. The Morgan fingerprint density at radius 3 is 2.38 bits per heavy atom. The van der Waals surface area contributed by atoms with Gasteiger partial charge in [0.15, 0.2) is 0 Å². The maximum atomic E-state index is 12.4. The number of ether oxygens (including phenoxy) is 1. The minimum absolute atomic E-state index is 0.396. The normalized spacial score (nSPS) is 24.1. The molecule has 3 aliphatic rings. The first-order valence-electron chi connectivity index (χ1n) is 11.6. The Bertz CT molecular complexity index is 649. The highest BCUT2D eigenvalue weighted by molar-refractivity contribution is 5.76. The van der Waals surface area contributed by atoms with Crippen molar-refractivity contribution >= 4 is 11.6 Å². The maximum absolute atomic E-state index is 12.4. The van der Waals surface area contributed by atoms with Gasteiger partial charge < -0.3 is 14.5 Å². The Morgan fingerprint density at radius 2 is 1.69 bits per heavy atom. The van der Waals surface area contributed by atoms with Crippen LogP contribution in [0.5, 0.6) is 5.75 Å². The molecule has 3 fully saturated rings. The predicted octanol–water partition coefficient (Wildman–Crippen LogP) is 3.78. The number of anilines is 1. The number of carbonyl (C=O) groups excluding carboxylic acids is 1. The third kappa shape index (κ3) is 5.25. The van der Waals surface area contributed by atoms with Crippen molar-refractivity contribution in [1.82, 2.24) is 9.80 Å². The Labute approximate surface area is 176 Å². The molecule has 0 saturated carbocycles. The van der Waals surface area contributed by atoms with Gasteiger partial charge in [0, 0.05) is 50.9 Å². The van der Waals surface area contributed by atoms with Gasteiger partial charge in [0.2, 0.25) is 5.91 Å². The standard InChI is InChI=1S/C24H37N3O2/c1-29-23-9-7-21(8-10-23)25-17-12-22(13-18-25)27-16-4-5-20(19-27)6-11-24(28)26-14-2-3-15-26/h7-10,20,22H,2-6,11-19H2,1H3/t20-/m1/s1. The molecule has 0 N–H and O–H groups in total. The molecule has 1 atom stereocenters. The van der Waals surface area contributed by atoms with Crippen LogP contribution in [0.25, 0.3) is 0 Å². The zero-order valence-corrected chi connectivity index (χ0v) is 18.0. The van der Waals surface area contributed by atoms with Crippen LogP contribution in [0.4, 0.5) is 5.69 Å². The Hall–Kier alpha value is -1.75. The van der Waals surface area contributed by atoms with Gasteiger partial charge in [-0.3, -0.25) is 9.69 Å². The first-order chi connectivity index (χ1) is 14.2. The lowest BCUT2D eigenvalue weighted by Crippen LogP contribution is -2.48. The minimum Gasteiger partial charge on any atom is -0.497 e. The number of benzene rings is 1. The third-order valence-corrected chi connectivity index (χ3v) is 7.19. The van der Waals surface area contributed by atoms with Crippen molar-refractivity contribution in [1.29, 1.82) is 0 Å². The first kappa shape index (κ1) is 20.5. The molecular weight excluding hydrogens is 362 g/mol. The van der Waals surface area contributed by atoms with Gasteiger partial charge in [-0.25, -0.2) is 0 Å². The van der Waals surface area contributed by atoms with Crippen LogP contribution in [0.2, 0.25) is 0 Å². The Morgan fingerprint density at radius 1 is 0.966 bits per heavy atom. The zero-order chi connectivity index (χ0) is 20.1. The quantitative estimate of drug-likeness (QED) is 0.729. The Balaban J connectivity index is 1.22. The largest absolute Gasteiger partial charge is 0.497 e. The van der Waals surface area contributed by atoms with E-state index >= 15 is 0 Å². The van der Waals surface area contributed by atoms with E-state index in [0.29, 0.717) is 17.9 Å². The second-order valence-corrected chi connectivity index (χ2v) is 9.05. The van der Waals surface area contributed by atoms with E-state index in [1.807, 2.05) is 0 Å². The molecule has 3 saturated heterocycles. The summed E-state index contributed by atoms with van der Waals surface area (Å²) in [5.74, 6) is 2.02. The second-order valence-electron chi connectivity index (χ2n) is 9.05. The van der Waals surface area contributed by atoms with Crippen LogP contribution in [0.3, 0.4) is 0 Å². The minimum atomic E-state index is 0.396. The van der Waals surface area contributed by atoms with Crippen molar-refractivity contribution < 1.29 is 9.53 Å². The van der Waals surface area contributed by atoms with Crippen LogP contribution in [-0.2, 0) is 4.79 Å². The molecular formula is C24H37N3O2. The highest BCUT2D eigenvalue weighted by atomic mass is 16.5. The van der Waals surface area contributed by atoms with Crippen molar-refractivity contribution in [3.05, 3.63) is 24.3 Å². The average Bonchev–Trinajstić information content (AvgIpc) is 3.33. The molecule has 0 radical (unpaired) electrons. The Kier molecular flexibility index (Phi) is 6.96. The molecule has 0 bridgehead atoms. The fourth-order valence-electron chi connectivity index (χ4n) is 5.40.